The van der Waals surface area contributed by atoms with E-state index in [2.05, 4.69) is 32.0 Å². The van der Waals surface area contributed by atoms with Gasteiger partial charge in [0.2, 0.25) is 0 Å². The van der Waals surface area contributed by atoms with Crippen molar-refractivity contribution in [3.8, 4) is 22.6 Å². The first-order valence-corrected chi connectivity index (χ1v) is 14.7. The standard InChI is InChI=1S/C35H39FO4/c1-34(2)15-5-7-29(34)27-18-22(8-12-26(27)28-19-24(39-3)11-13-32(28)36)21-40-25-10-9-23-6-4-16-35(31(23)20-25)17-14-30(35)33(37)38/h8-13,18-20,29-30H,4-7,14-17,21H2,1-3H3,(H,37,38). The Bertz CT molecular complexity index is 1440. The van der Waals surface area contributed by atoms with Gasteiger partial charge >= 0.3 is 5.97 Å². The van der Waals surface area contributed by atoms with Gasteiger partial charge in [-0.15, -0.1) is 0 Å². The zero-order chi connectivity index (χ0) is 28.1. The molecule has 6 rings (SSSR count). The number of rotatable bonds is 7. The molecule has 4 nitrogen and oxygen atoms in total. The van der Waals surface area contributed by atoms with E-state index < -0.39 is 5.97 Å². The number of aliphatic carboxylic acids is 1. The van der Waals surface area contributed by atoms with E-state index in [-0.39, 0.29) is 22.6 Å². The Hall–Kier alpha value is -3.34. The van der Waals surface area contributed by atoms with Crippen LogP contribution in [-0.2, 0) is 23.2 Å². The topological polar surface area (TPSA) is 55.8 Å². The summed E-state index contributed by atoms with van der Waals surface area (Å²) in [6, 6.07) is 17.5. The minimum absolute atomic E-state index is 0.125. The number of hydrogen-bond donors (Lipinski definition) is 1. The summed E-state index contributed by atoms with van der Waals surface area (Å²) >= 11 is 0. The second-order valence-corrected chi connectivity index (χ2v) is 12.7. The summed E-state index contributed by atoms with van der Waals surface area (Å²) in [4.78, 5) is 12.0. The van der Waals surface area contributed by atoms with Crippen molar-refractivity contribution in [3.05, 3.63) is 82.7 Å². The number of benzene rings is 3. The van der Waals surface area contributed by atoms with E-state index in [9.17, 15) is 9.90 Å². The molecule has 0 heterocycles. The van der Waals surface area contributed by atoms with Crippen molar-refractivity contribution in [1.29, 1.82) is 0 Å². The van der Waals surface area contributed by atoms with Gasteiger partial charge in [-0.2, -0.15) is 0 Å². The number of carboxylic acid groups (broad SMARTS) is 1. The fourth-order valence-corrected chi connectivity index (χ4v) is 7.82. The van der Waals surface area contributed by atoms with Gasteiger partial charge in [0.05, 0.1) is 13.0 Å². The maximum absolute atomic E-state index is 15.1. The summed E-state index contributed by atoms with van der Waals surface area (Å²) in [5.41, 5.74) is 6.01. The molecule has 0 radical (unpaired) electrons. The van der Waals surface area contributed by atoms with Crippen LogP contribution in [0.4, 0.5) is 4.39 Å². The molecule has 3 unspecified atom stereocenters. The minimum atomic E-state index is -0.680. The van der Waals surface area contributed by atoms with E-state index in [4.69, 9.17) is 9.47 Å². The third kappa shape index (κ3) is 4.57. The SMILES string of the molecule is COc1ccc(F)c(-c2ccc(COc3ccc4c(c3)C3(CCC4)CCC3C(=O)O)cc2C2CCCC2(C)C)c1. The molecule has 0 aliphatic heterocycles. The van der Waals surface area contributed by atoms with Gasteiger partial charge in [0.25, 0.3) is 0 Å². The van der Waals surface area contributed by atoms with Crippen molar-refractivity contribution >= 4 is 5.97 Å². The van der Waals surface area contributed by atoms with Crippen LogP contribution in [0.3, 0.4) is 0 Å². The molecule has 2 saturated carbocycles. The highest BCUT2D eigenvalue weighted by molar-refractivity contribution is 5.75. The Morgan fingerprint density at radius 1 is 0.950 bits per heavy atom. The number of carbonyl (C=O) groups is 1. The van der Waals surface area contributed by atoms with Crippen LogP contribution in [0.15, 0.2) is 54.6 Å². The molecular formula is C35H39FO4. The van der Waals surface area contributed by atoms with Crippen molar-refractivity contribution < 1.29 is 23.8 Å². The predicted molar refractivity (Wildman–Crippen MR) is 155 cm³/mol. The van der Waals surface area contributed by atoms with Gasteiger partial charge in [0, 0.05) is 11.0 Å². The largest absolute Gasteiger partial charge is 0.497 e. The molecule has 0 aromatic heterocycles. The van der Waals surface area contributed by atoms with E-state index in [1.807, 2.05) is 18.2 Å². The summed E-state index contributed by atoms with van der Waals surface area (Å²) in [5.74, 6) is 0.511. The number of halogens is 1. The number of carboxylic acids is 1. The Kier molecular flexibility index (Phi) is 6.88. The molecule has 5 heteroatoms. The van der Waals surface area contributed by atoms with Crippen molar-refractivity contribution in [3.63, 3.8) is 0 Å². The quantitative estimate of drug-likeness (QED) is 0.325. The van der Waals surface area contributed by atoms with Crippen LogP contribution in [0.25, 0.3) is 11.1 Å². The second-order valence-electron chi connectivity index (χ2n) is 12.7. The Morgan fingerprint density at radius 2 is 1.77 bits per heavy atom. The van der Waals surface area contributed by atoms with Crippen molar-refractivity contribution in [1.82, 2.24) is 0 Å². The van der Waals surface area contributed by atoms with E-state index >= 15 is 4.39 Å². The lowest BCUT2D eigenvalue weighted by molar-refractivity contribution is -0.150. The Balaban J connectivity index is 1.31. The van der Waals surface area contributed by atoms with Crippen LogP contribution in [-0.4, -0.2) is 18.2 Å². The molecule has 0 saturated heterocycles. The van der Waals surface area contributed by atoms with E-state index in [1.54, 1.807) is 19.2 Å². The molecule has 0 amide bonds. The monoisotopic (exact) mass is 542 g/mol. The molecule has 1 spiro atoms. The number of fused-ring (bicyclic) bond motifs is 2. The fraction of sp³-hybridized carbons (Fsp3) is 0.457. The molecule has 3 aromatic rings. The maximum Gasteiger partial charge on any atom is 0.307 e. The number of ether oxygens (including phenoxy) is 2. The van der Waals surface area contributed by atoms with Crippen molar-refractivity contribution in [2.24, 2.45) is 11.3 Å². The molecule has 2 fully saturated rings. The zero-order valence-corrected chi connectivity index (χ0v) is 23.8. The zero-order valence-electron chi connectivity index (χ0n) is 23.8. The summed E-state index contributed by atoms with van der Waals surface area (Å²) in [6.45, 7) is 5.02. The minimum Gasteiger partial charge on any atom is -0.497 e. The van der Waals surface area contributed by atoms with Gasteiger partial charge in [-0.05, 0) is 114 Å². The maximum atomic E-state index is 15.1. The third-order valence-corrected chi connectivity index (χ3v) is 10.1. The summed E-state index contributed by atoms with van der Waals surface area (Å²) in [5, 5.41) is 9.84. The molecule has 210 valence electrons. The normalized spacial score (nSPS) is 24.8. The summed E-state index contributed by atoms with van der Waals surface area (Å²) < 4.78 is 26.9. The predicted octanol–water partition coefficient (Wildman–Crippen LogP) is 8.44. The van der Waals surface area contributed by atoms with E-state index in [0.717, 1.165) is 68.2 Å². The first kappa shape index (κ1) is 26.9. The molecule has 1 N–H and O–H groups in total. The smallest absolute Gasteiger partial charge is 0.307 e. The lowest BCUT2D eigenvalue weighted by Gasteiger charge is -2.51. The van der Waals surface area contributed by atoms with Crippen LogP contribution in [0.2, 0.25) is 0 Å². The fourth-order valence-electron chi connectivity index (χ4n) is 7.82. The third-order valence-electron chi connectivity index (χ3n) is 10.1. The van der Waals surface area contributed by atoms with E-state index in [0.29, 0.717) is 23.8 Å². The van der Waals surface area contributed by atoms with Crippen molar-refractivity contribution in [2.75, 3.05) is 7.11 Å². The molecule has 0 bridgehead atoms. The average Bonchev–Trinajstić information content (AvgIpc) is 3.29. The van der Waals surface area contributed by atoms with Gasteiger partial charge in [0.1, 0.15) is 23.9 Å². The molecule has 3 aromatic carbocycles. The molecule has 3 aliphatic carbocycles. The highest BCUT2D eigenvalue weighted by Gasteiger charge is 2.53. The summed E-state index contributed by atoms with van der Waals surface area (Å²) in [7, 11) is 1.60. The van der Waals surface area contributed by atoms with Crippen molar-refractivity contribution in [2.45, 2.75) is 83.2 Å². The van der Waals surface area contributed by atoms with Crippen LogP contribution in [0.5, 0.6) is 11.5 Å². The first-order chi connectivity index (χ1) is 19.2. The molecular weight excluding hydrogens is 503 g/mol. The first-order valence-electron chi connectivity index (χ1n) is 14.7. The van der Waals surface area contributed by atoms with Gasteiger partial charge in [-0.1, -0.05) is 44.5 Å². The van der Waals surface area contributed by atoms with Crippen LogP contribution in [0.1, 0.15) is 87.0 Å². The Labute approximate surface area is 236 Å². The number of hydrogen-bond acceptors (Lipinski definition) is 3. The van der Waals surface area contributed by atoms with Gasteiger partial charge < -0.3 is 14.6 Å². The summed E-state index contributed by atoms with van der Waals surface area (Å²) in [6.07, 6.45) is 8.03. The number of methoxy groups -OCH3 is 1. The van der Waals surface area contributed by atoms with Crippen LogP contribution >= 0.6 is 0 Å². The van der Waals surface area contributed by atoms with Gasteiger partial charge in [-0.25, -0.2) is 4.39 Å². The lowest BCUT2D eigenvalue weighted by atomic mass is 9.52. The van der Waals surface area contributed by atoms with E-state index in [1.165, 1.54) is 22.8 Å². The highest BCUT2D eigenvalue weighted by Crippen LogP contribution is 2.56. The molecule has 3 aliphatic rings. The average molecular weight is 543 g/mol. The molecule has 40 heavy (non-hydrogen) atoms. The molecule has 3 atom stereocenters. The number of aryl methyl sites for hydroxylation is 1. The Morgan fingerprint density at radius 3 is 2.48 bits per heavy atom. The van der Waals surface area contributed by atoms with Crippen LogP contribution in [0, 0.1) is 17.2 Å². The second kappa shape index (κ2) is 10.2. The van der Waals surface area contributed by atoms with Crippen LogP contribution < -0.4 is 9.47 Å². The lowest BCUT2D eigenvalue weighted by Crippen LogP contribution is -2.50. The van der Waals surface area contributed by atoms with Gasteiger partial charge in [0.15, 0.2) is 0 Å². The highest BCUT2D eigenvalue weighted by atomic mass is 19.1. The van der Waals surface area contributed by atoms with Gasteiger partial charge in [-0.3, -0.25) is 4.79 Å².